The van der Waals surface area contributed by atoms with E-state index in [4.69, 9.17) is 9.47 Å². The molecule has 152 valence electrons. The molecule has 0 aliphatic carbocycles. The number of amides is 1. The summed E-state index contributed by atoms with van der Waals surface area (Å²) >= 11 is 0. The van der Waals surface area contributed by atoms with Crippen LogP contribution in [0, 0.1) is 5.82 Å². The Balaban J connectivity index is 1.65. The standard InChI is InChI=1S/C22H22FNO5/c1-28-22(27)18-13-16(29-20-10-6-5-9-17(20)23)14-24(18)21(26)12-11-19(25)15-7-3-2-4-8-15/h2-10,16,18H,11-14H2,1H3/t16-,18+/m1/s1. The van der Waals surface area contributed by atoms with Gasteiger partial charge in [-0.15, -0.1) is 0 Å². The van der Waals surface area contributed by atoms with Crippen LogP contribution in [0.1, 0.15) is 29.6 Å². The van der Waals surface area contributed by atoms with Gasteiger partial charge in [0.15, 0.2) is 17.3 Å². The van der Waals surface area contributed by atoms with Crippen molar-refractivity contribution in [1.82, 2.24) is 4.90 Å². The predicted octanol–water partition coefficient (Wildman–Crippen LogP) is 3.01. The fraction of sp³-hybridized carbons (Fsp3) is 0.318. The Kier molecular flexibility index (Phi) is 6.59. The van der Waals surface area contributed by atoms with Crippen molar-refractivity contribution in [3.05, 3.63) is 66.0 Å². The maximum absolute atomic E-state index is 13.9. The van der Waals surface area contributed by atoms with Crippen molar-refractivity contribution in [2.75, 3.05) is 13.7 Å². The van der Waals surface area contributed by atoms with Crippen LogP contribution in [0.15, 0.2) is 54.6 Å². The third-order valence-electron chi connectivity index (χ3n) is 4.85. The van der Waals surface area contributed by atoms with Crippen molar-refractivity contribution in [2.24, 2.45) is 0 Å². The summed E-state index contributed by atoms with van der Waals surface area (Å²) in [5.41, 5.74) is 0.534. The fourth-order valence-electron chi connectivity index (χ4n) is 3.37. The number of ketones is 1. The number of hydrogen-bond donors (Lipinski definition) is 0. The Labute approximate surface area is 168 Å². The molecule has 7 heteroatoms. The molecule has 0 unspecified atom stereocenters. The molecule has 2 aromatic carbocycles. The molecule has 1 aliphatic heterocycles. The number of ether oxygens (including phenoxy) is 2. The van der Waals surface area contributed by atoms with Gasteiger partial charge in [-0.05, 0) is 12.1 Å². The van der Waals surface area contributed by atoms with Gasteiger partial charge in [-0.2, -0.15) is 0 Å². The highest BCUT2D eigenvalue weighted by Gasteiger charge is 2.41. The molecule has 1 fully saturated rings. The number of benzene rings is 2. The number of esters is 1. The molecule has 3 rings (SSSR count). The molecule has 1 heterocycles. The van der Waals surface area contributed by atoms with Crippen molar-refractivity contribution in [3.8, 4) is 5.75 Å². The number of Topliss-reactive ketones (excluding diaryl/α,β-unsaturated/α-hetero) is 1. The molecule has 1 amide bonds. The minimum atomic E-state index is -0.823. The summed E-state index contributed by atoms with van der Waals surface area (Å²) in [7, 11) is 1.25. The third kappa shape index (κ3) is 4.99. The van der Waals surface area contributed by atoms with E-state index in [0.717, 1.165) is 0 Å². The first-order chi connectivity index (χ1) is 14.0. The van der Waals surface area contributed by atoms with E-state index in [1.54, 1.807) is 36.4 Å². The zero-order valence-electron chi connectivity index (χ0n) is 16.0. The number of carbonyl (C=O) groups is 3. The van der Waals surface area contributed by atoms with Crippen LogP contribution in [-0.2, 0) is 14.3 Å². The summed E-state index contributed by atoms with van der Waals surface area (Å²) in [6.07, 6.45) is -0.358. The smallest absolute Gasteiger partial charge is 0.328 e. The molecule has 2 aromatic rings. The van der Waals surface area contributed by atoms with Gasteiger partial charge >= 0.3 is 5.97 Å². The second kappa shape index (κ2) is 9.32. The van der Waals surface area contributed by atoms with Crippen LogP contribution >= 0.6 is 0 Å². The van der Waals surface area contributed by atoms with E-state index >= 15 is 0 Å². The van der Waals surface area contributed by atoms with E-state index in [1.165, 1.54) is 24.1 Å². The highest BCUT2D eigenvalue weighted by molar-refractivity contribution is 5.98. The summed E-state index contributed by atoms with van der Waals surface area (Å²) < 4.78 is 24.3. The lowest BCUT2D eigenvalue weighted by Crippen LogP contribution is -2.41. The minimum absolute atomic E-state index is 0.0338. The molecule has 0 aromatic heterocycles. The van der Waals surface area contributed by atoms with E-state index in [9.17, 15) is 18.8 Å². The number of methoxy groups -OCH3 is 1. The topological polar surface area (TPSA) is 72.9 Å². The Bertz CT molecular complexity index is 886. The number of hydrogen-bond acceptors (Lipinski definition) is 5. The molecule has 0 saturated carbocycles. The highest BCUT2D eigenvalue weighted by Crippen LogP contribution is 2.26. The summed E-state index contributed by atoms with van der Waals surface area (Å²) in [6, 6.07) is 13.8. The third-order valence-corrected chi connectivity index (χ3v) is 4.85. The quantitative estimate of drug-likeness (QED) is 0.529. The summed E-state index contributed by atoms with van der Waals surface area (Å²) in [5.74, 6) is -1.50. The molecular formula is C22H22FNO5. The van der Waals surface area contributed by atoms with Gasteiger partial charge in [0.25, 0.3) is 0 Å². The molecule has 0 spiro atoms. The van der Waals surface area contributed by atoms with Gasteiger partial charge in [-0.1, -0.05) is 42.5 Å². The number of carbonyl (C=O) groups excluding carboxylic acids is 3. The normalized spacial score (nSPS) is 18.3. The maximum Gasteiger partial charge on any atom is 0.328 e. The predicted molar refractivity (Wildman–Crippen MR) is 103 cm³/mol. The van der Waals surface area contributed by atoms with E-state index in [1.807, 2.05) is 6.07 Å². The molecule has 6 nitrogen and oxygen atoms in total. The van der Waals surface area contributed by atoms with Gasteiger partial charge in [0.05, 0.1) is 13.7 Å². The largest absolute Gasteiger partial charge is 0.485 e. The van der Waals surface area contributed by atoms with Crippen LogP contribution in [0.25, 0.3) is 0 Å². The lowest BCUT2D eigenvalue weighted by atomic mass is 10.1. The SMILES string of the molecule is COC(=O)[C@@H]1C[C@@H](Oc2ccccc2F)CN1C(=O)CCC(=O)c1ccccc1. The molecule has 0 bridgehead atoms. The molecular weight excluding hydrogens is 377 g/mol. The van der Waals surface area contributed by atoms with Crippen LogP contribution in [0.3, 0.4) is 0 Å². The molecule has 1 aliphatic rings. The van der Waals surface area contributed by atoms with E-state index in [2.05, 4.69) is 0 Å². The Hall–Kier alpha value is -3.22. The summed E-state index contributed by atoms with van der Waals surface area (Å²) in [4.78, 5) is 38.5. The van der Waals surface area contributed by atoms with Gasteiger partial charge in [-0.3, -0.25) is 9.59 Å². The summed E-state index contributed by atoms with van der Waals surface area (Å²) in [6.45, 7) is 0.118. The van der Waals surface area contributed by atoms with Crippen molar-refractivity contribution in [2.45, 2.75) is 31.4 Å². The van der Waals surface area contributed by atoms with Crippen molar-refractivity contribution in [1.29, 1.82) is 0 Å². The van der Waals surface area contributed by atoms with Crippen LogP contribution < -0.4 is 4.74 Å². The number of likely N-dealkylation sites (tertiary alicyclic amines) is 1. The van der Waals surface area contributed by atoms with E-state index in [-0.39, 0.29) is 43.2 Å². The Morgan fingerprint density at radius 2 is 1.72 bits per heavy atom. The van der Waals surface area contributed by atoms with Crippen LogP contribution in [-0.4, -0.2) is 48.4 Å². The van der Waals surface area contributed by atoms with E-state index in [0.29, 0.717) is 5.56 Å². The first kappa shape index (κ1) is 20.5. The lowest BCUT2D eigenvalue weighted by molar-refractivity contribution is -0.150. The molecule has 2 atom stereocenters. The fourth-order valence-corrected chi connectivity index (χ4v) is 3.37. The molecule has 0 radical (unpaired) electrons. The number of halogens is 1. The van der Waals surface area contributed by atoms with Gasteiger partial charge in [0.1, 0.15) is 12.1 Å². The average Bonchev–Trinajstić information content (AvgIpc) is 3.17. The monoisotopic (exact) mass is 399 g/mol. The van der Waals surface area contributed by atoms with Gasteiger partial charge < -0.3 is 14.4 Å². The number of para-hydroxylation sites is 1. The molecule has 29 heavy (non-hydrogen) atoms. The van der Waals surface area contributed by atoms with Gasteiger partial charge in [0, 0.05) is 24.8 Å². The van der Waals surface area contributed by atoms with Crippen molar-refractivity contribution >= 4 is 17.7 Å². The second-order valence-electron chi connectivity index (χ2n) is 6.78. The molecule has 1 saturated heterocycles. The van der Waals surface area contributed by atoms with Gasteiger partial charge in [-0.25, -0.2) is 9.18 Å². The number of rotatable bonds is 7. The zero-order chi connectivity index (χ0) is 20.8. The highest BCUT2D eigenvalue weighted by atomic mass is 19.1. The van der Waals surface area contributed by atoms with Crippen LogP contribution in [0.4, 0.5) is 4.39 Å². The van der Waals surface area contributed by atoms with Gasteiger partial charge in [0.2, 0.25) is 5.91 Å². The van der Waals surface area contributed by atoms with Crippen LogP contribution in [0.2, 0.25) is 0 Å². The minimum Gasteiger partial charge on any atom is -0.485 e. The van der Waals surface area contributed by atoms with Crippen LogP contribution in [0.5, 0.6) is 5.75 Å². The first-order valence-electron chi connectivity index (χ1n) is 9.36. The number of nitrogens with zero attached hydrogens (tertiary/aromatic N) is 1. The van der Waals surface area contributed by atoms with Crippen molar-refractivity contribution < 1.29 is 28.2 Å². The van der Waals surface area contributed by atoms with E-state index < -0.39 is 23.9 Å². The van der Waals surface area contributed by atoms with Crippen molar-refractivity contribution in [3.63, 3.8) is 0 Å². The second-order valence-corrected chi connectivity index (χ2v) is 6.78. The molecule has 0 N–H and O–H groups in total. The Morgan fingerprint density at radius 3 is 2.41 bits per heavy atom. The Morgan fingerprint density at radius 1 is 1.03 bits per heavy atom. The summed E-state index contributed by atoms with van der Waals surface area (Å²) in [5, 5.41) is 0. The first-order valence-corrected chi connectivity index (χ1v) is 9.36. The average molecular weight is 399 g/mol. The zero-order valence-corrected chi connectivity index (χ0v) is 16.0. The lowest BCUT2D eigenvalue weighted by Gasteiger charge is -2.22. The maximum atomic E-state index is 13.9.